The van der Waals surface area contributed by atoms with Crippen molar-refractivity contribution in [3.8, 4) is 0 Å². The maximum absolute atomic E-state index is 13.1. The highest BCUT2D eigenvalue weighted by molar-refractivity contribution is 5.92. The van der Waals surface area contributed by atoms with Crippen molar-refractivity contribution in [2.45, 2.75) is 31.7 Å². The lowest BCUT2D eigenvalue weighted by molar-refractivity contribution is -0.118. The fourth-order valence-electron chi connectivity index (χ4n) is 2.44. The van der Waals surface area contributed by atoms with Crippen LogP contribution in [0.5, 0.6) is 0 Å². The Morgan fingerprint density at radius 3 is 2.89 bits per heavy atom. The minimum atomic E-state index is -2.64. The number of hydrogen-bond donors (Lipinski definition) is 0. The Morgan fingerprint density at radius 1 is 1.58 bits per heavy atom. The number of alkyl halides is 2. The fraction of sp³-hybridized carbons (Fsp3) is 0.538. The van der Waals surface area contributed by atoms with Gasteiger partial charge >= 0.3 is 0 Å². The normalized spacial score (nSPS) is 24.9. The zero-order chi connectivity index (χ0) is 13.8. The second-order valence-corrected chi connectivity index (χ2v) is 5.21. The monoisotopic (exact) mass is 267 g/mol. The van der Waals surface area contributed by atoms with Gasteiger partial charge in [0, 0.05) is 32.5 Å². The zero-order valence-corrected chi connectivity index (χ0v) is 10.7. The average molecular weight is 267 g/mol. The third-order valence-corrected chi connectivity index (χ3v) is 3.81. The lowest BCUT2D eigenvalue weighted by Crippen LogP contribution is -2.25. The van der Waals surface area contributed by atoms with Crippen LogP contribution in [0.25, 0.3) is 5.57 Å². The molecular formula is C13H15F2N3O. The van der Waals surface area contributed by atoms with Crippen LogP contribution in [0.3, 0.4) is 0 Å². The number of anilines is 1. The Bertz CT molecular complexity index is 564. The van der Waals surface area contributed by atoms with Crippen molar-refractivity contribution in [3.05, 3.63) is 18.3 Å². The summed E-state index contributed by atoms with van der Waals surface area (Å²) in [5, 5.41) is 4.31. The first-order valence-corrected chi connectivity index (χ1v) is 6.31. The maximum Gasteiger partial charge on any atom is 0.255 e. The lowest BCUT2D eigenvalue weighted by atomic mass is 10.1. The number of halogens is 2. The number of amides is 1. The van der Waals surface area contributed by atoms with Crippen molar-refractivity contribution < 1.29 is 13.6 Å². The molecule has 0 bridgehead atoms. The van der Waals surface area contributed by atoms with Crippen LogP contribution in [0.2, 0.25) is 0 Å². The predicted molar refractivity (Wildman–Crippen MR) is 67.0 cm³/mol. The summed E-state index contributed by atoms with van der Waals surface area (Å²) in [7, 11) is 1.68. The van der Waals surface area contributed by atoms with Crippen LogP contribution in [-0.2, 0) is 11.3 Å². The van der Waals surface area contributed by atoms with E-state index < -0.39 is 11.8 Å². The molecule has 1 fully saturated rings. The molecule has 102 valence electrons. The van der Waals surface area contributed by atoms with Crippen molar-refractivity contribution >= 4 is 17.3 Å². The molecule has 0 radical (unpaired) electrons. The van der Waals surface area contributed by atoms with E-state index in [0.29, 0.717) is 36.5 Å². The molecule has 1 aromatic heterocycles. The van der Waals surface area contributed by atoms with E-state index >= 15 is 0 Å². The number of carbonyl (C=O) groups is 1. The van der Waals surface area contributed by atoms with Crippen LogP contribution < -0.4 is 4.90 Å². The topological polar surface area (TPSA) is 38.1 Å². The molecule has 1 saturated carbocycles. The van der Waals surface area contributed by atoms with E-state index in [9.17, 15) is 13.6 Å². The van der Waals surface area contributed by atoms with Gasteiger partial charge in [-0.05, 0) is 12.0 Å². The molecule has 2 heterocycles. The highest BCUT2D eigenvalue weighted by Crippen LogP contribution is 2.55. The summed E-state index contributed by atoms with van der Waals surface area (Å²) in [6.45, 7) is 4.36. The third kappa shape index (κ3) is 1.95. The number of fused-ring (bicyclic) bond motifs is 1. The van der Waals surface area contributed by atoms with Gasteiger partial charge in [0.15, 0.2) is 0 Å². The predicted octanol–water partition coefficient (Wildman–Crippen LogP) is 2.31. The van der Waals surface area contributed by atoms with Gasteiger partial charge in [0.1, 0.15) is 5.82 Å². The Kier molecular flexibility index (Phi) is 2.52. The number of aryl methyl sites for hydroxylation is 1. The molecule has 0 unspecified atom stereocenters. The van der Waals surface area contributed by atoms with E-state index in [1.54, 1.807) is 17.8 Å². The van der Waals surface area contributed by atoms with Crippen molar-refractivity contribution in [2.24, 2.45) is 5.92 Å². The SMILES string of the molecule is C=C(c1cc2n(n1)CCCC(=O)N2C)[C@@H]1CC1(F)F. The van der Waals surface area contributed by atoms with E-state index in [-0.39, 0.29) is 12.3 Å². The van der Waals surface area contributed by atoms with E-state index in [4.69, 9.17) is 0 Å². The van der Waals surface area contributed by atoms with Crippen LogP contribution in [0, 0.1) is 5.92 Å². The molecule has 0 aromatic carbocycles. The van der Waals surface area contributed by atoms with Gasteiger partial charge in [-0.2, -0.15) is 5.10 Å². The number of hydrogen-bond acceptors (Lipinski definition) is 2. The highest BCUT2D eigenvalue weighted by Gasteiger charge is 2.58. The molecule has 1 aliphatic heterocycles. The molecule has 1 aromatic rings. The van der Waals surface area contributed by atoms with Crippen LogP contribution >= 0.6 is 0 Å². The molecule has 19 heavy (non-hydrogen) atoms. The first-order chi connectivity index (χ1) is 8.90. The molecule has 0 N–H and O–H groups in total. The molecule has 1 amide bonds. The standard InChI is InChI=1S/C13H15F2N3O/c1-8(9-7-13(9,14)15)10-6-11-17(2)12(19)4-3-5-18(11)16-10/h6,9H,1,3-5,7H2,2H3/t9-/m0/s1. The van der Waals surface area contributed by atoms with Crippen molar-refractivity contribution in [1.29, 1.82) is 0 Å². The molecule has 6 heteroatoms. The van der Waals surface area contributed by atoms with Gasteiger partial charge in [-0.15, -0.1) is 0 Å². The summed E-state index contributed by atoms with van der Waals surface area (Å²) in [6.07, 6.45) is 1.04. The summed E-state index contributed by atoms with van der Waals surface area (Å²) < 4.78 is 27.8. The molecule has 1 aliphatic carbocycles. The van der Waals surface area contributed by atoms with Crippen LogP contribution in [-0.4, -0.2) is 28.7 Å². The van der Waals surface area contributed by atoms with Crippen LogP contribution in [0.4, 0.5) is 14.6 Å². The second-order valence-electron chi connectivity index (χ2n) is 5.21. The van der Waals surface area contributed by atoms with Gasteiger partial charge in [-0.25, -0.2) is 13.5 Å². The number of aromatic nitrogens is 2. The van der Waals surface area contributed by atoms with Gasteiger partial charge in [-0.3, -0.25) is 4.79 Å². The maximum atomic E-state index is 13.1. The summed E-state index contributed by atoms with van der Waals surface area (Å²) in [5.74, 6) is -2.76. The Labute approximate surface area is 109 Å². The van der Waals surface area contributed by atoms with Gasteiger partial charge in [0.05, 0.1) is 11.6 Å². The first-order valence-electron chi connectivity index (χ1n) is 6.31. The fourth-order valence-corrected chi connectivity index (χ4v) is 2.44. The molecule has 0 spiro atoms. The van der Waals surface area contributed by atoms with E-state index in [0.717, 1.165) is 0 Å². The number of nitrogens with zero attached hydrogens (tertiary/aromatic N) is 3. The first kappa shape index (κ1) is 12.3. The molecule has 2 aliphatic rings. The van der Waals surface area contributed by atoms with Crippen molar-refractivity contribution in [2.75, 3.05) is 11.9 Å². The Balaban J connectivity index is 1.90. The van der Waals surface area contributed by atoms with Gasteiger partial charge in [0.25, 0.3) is 5.92 Å². The number of carbonyl (C=O) groups excluding carboxylic acids is 1. The van der Waals surface area contributed by atoms with Crippen LogP contribution in [0.1, 0.15) is 25.0 Å². The van der Waals surface area contributed by atoms with E-state index in [1.807, 2.05) is 0 Å². The molecule has 1 atom stereocenters. The van der Waals surface area contributed by atoms with Gasteiger partial charge in [-0.1, -0.05) is 6.58 Å². The Morgan fingerprint density at radius 2 is 2.26 bits per heavy atom. The summed E-state index contributed by atoms with van der Waals surface area (Å²) in [6, 6.07) is 1.68. The zero-order valence-electron chi connectivity index (χ0n) is 10.7. The van der Waals surface area contributed by atoms with Gasteiger partial charge in [0.2, 0.25) is 5.91 Å². The molecule has 0 saturated heterocycles. The largest absolute Gasteiger partial charge is 0.300 e. The molecule has 4 nitrogen and oxygen atoms in total. The number of rotatable bonds is 2. The second kappa shape index (κ2) is 3.88. The van der Waals surface area contributed by atoms with Crippen molar-refractivity contribution in [1.82, 2.24) is 9.78 Å². The number of allylic oxidation sites excluding steroid dienone is 1. The van der Waals surface area contributed by atoms with Crippen molar-refractivity contribution in [3.63, 3.8) is 0 Å². The smallest absolute Gasteiger partial charge is 0.255 e. The third-order valence-electron chi connectivity index (χ3n) is 3.81. The molecule has 3 rings (SSSR count). The van der Waals surface area contributed by atoms with E-state index in [1.165, 1.54) is 4.90 Å². The minimum Gasteiger partial charge on any atom is -0.300 e. The minimum absolute atomic E-state index is 0.0209. The highest BCUT2D eigenvalue weighted by atomic mass is 19.3. The molecular weight excluding hydrogens is 252 g/mol. The summed E-state index contributed by atoms with van der Waals surface area (Å²) in [5.41, 5.74) is 0.838. The quantitative estimate of drug-likeness (QED) is 0.824. The summed E-state index contributed by atoms with van der Waals surface area (Å²) >= 11 is 0. The van der Waals surface area contributed by atoms with Gasteiger partial charge < -0.3 is 4.90 Å². The average Bonchev–Trinajstić information content (AvgIpc) is 2.85. The van der Waals surface area contributed by atoms with E-state index in [2.05, 4.69) is 11.7 Å². The lowest BCUT2D eigenvalue weighted by Gasteiger charge is -2.13. The summed E-state index contributed by atoms with van der Waals surface area (Å²) in [4.78, 5) is 13.3. The van der Waals surface area contributed by atoms with Crippen LogP contribution in [0.15, 0.2) is 12.6 Å². The Hall–Kier alpha value is -1.72.